The summed E-state index contributed by atoms with van der Waals surface area (Å²) in [6.45, 7) is 9.95. The maximum absolute atomic E-state index is 6.05. The van der Waals surface area contributed by atoms with Crippen molar-refractivity contribution in [2.75, 3.05) is 6.54 Å². The van der Waals surface area contributed by atoms with E-state index in [1.807, 2.05) is 0 Å². The average molecular weight is 217 g/mol. The molecule has 0 spiro atoms. The van der Waals surface area contributed by atoms with Crippen LogP contribution in [0.5, 0.6) is 0 Å². The van der Waals surface area contributed by atoms with Gasteiger partial charge in [0, 0.05) is 12.0 Å². The molecule has 2 rings (SSSR count). The van der Waals surface area contributed by atoms with Gasteiger partial charge in [0.05, 0.1) is 0 Å². The Morgan fingerprint density at radius 2 is 1.81 bits per heavy atom. The van der Waals surface area contributed by atoms with Gasteiger partial charge in [-0.15, -0.1) is 0 Å². The molecule has 0 aromatic heterocycles. The molecule has 1 heteroatoms. The molecule has 0 amide bonds. The van der Waals surface area contributed by atoms with Crippen LogP contribution in [0.15, 0.2) is 24.3 Å². The number of hydrogen-bond acceptors (Lipinski definition) is 1. The molecule has 1 atom stereocenters. The van der Waals surface area contributed by atoms with Crippen LogP contribution in [-0.4, -0.2) is 6.54 Å². The summed E-state index contributed by atoms with van der Waals surface area (Å²) in [5, 5.41) is 0. The standard InChI is InChI=1S/C15H23N/c1-11(2)12-7-5-6-8-13(12)15(10-16)9-14(15,3)4/h5-8,11H,9-10,16H2,1-4H3. The molecule has 1 aliphatic carbocycles. The van der Waals surface area contributed by atoms with E-state index in [9.17, 15) is 0 Å². The molecule has 1 fully saturated rings. The molecule has 0 saturated heterocycles. The molecular weight excluding hydrogens is 194 g/mol. The van der Waals surface area contributed by atoms with Crippen LogP contribution < -0.4 is 5.73 Å². The van der Waals surface area contributed by atoms with E-state index >= 15 is 0 Å². The Labute approximate surface area is 99.0 Å². The first-order valence-corrected chi connectivity index (χ1v) is 6.24. The third-order valence-electron chi connectivity index (χ3n) is 4.36. The largest absolute Gasteiger partial charge is 0.330 e. The SMILES string of the molecule is CC(C)c1ccccc1C1(CN)CC1(C)C. The van der Waals surface area contributed by atoms with Crippen LogP contribution >= 0.6 is 0 Å². The van der Waals surface area contributed by atoms with Crippen LogP contribution in [-0.2, 0) is 5.41 Å². The molecule has 1 aromatic carbocycles. The third kappa shape index (κ3) is 1.49. The van der Waals surface area contributed by atoms with Gasteiger partial charge in [-0.25, -0.2) is 0 Å². The van der Waals surface area contributed by atoms with Crippen molar-refractivity contribution in [1.82, 2.24) is 0 Å². The summed E-state index contributed by atoms with van der Waals surface area (Å²) >= 11 is 0. The first-order valence-electron chi connectivity index (χ1n) is 6.24. The predicted molar refractivity (Wildman–Crippen MR) is 69.7 cm³/mol. The third-order valence-corrected chi connectivity index (χ3v) is 4.36. The molecule has 88 valence electrons. The van der Waals surface area contributed by atoms with E-state index in [4.69, 9.17) is 5.73 Å². The second-order valence-corrected chi connectivity index (χ2v) is 6.09. The average Bonchev–Trinajstić information content (AvgIpc) is 2.82. The Morgan fingerprint density at radius 1 is 1.25 bits per heavy atom. The topological polar surface area (TPSA) is 26.0 Å². The molecule has 1 nitrogen and oxygen atoms in total. The van der Waals surface area contributed by atoms with Crippen molar-refractivity contribution < 1.29 is 0 Å². The van der Waals surface area contributed by atoms with Gasteiger partial charge in [-0.1, -0.05) is 52.0 Å². The molecule has 0 bridgehead atoms. The Bertz CT molecular complexity index is 392. The molecule has 1 aliphatic rings. The number of hydrogen-bond donors (Lipinski definition) is 1. The second-order valence-electron chi connectivity index (χ2n) is 6.09. The van der Waals surface area contributed by atoms with Gasteiger partial charge in [0.1, 0.15) is 0 Å². The van der Waals surface area contributed by atoms with Gasteiger partial charge >= 0.3 is 0 Å². The first kappa shape index (κ1) is 11.7. The van der Waals surface area contributed by atoms with Gasteiger partial charge < -0.3 is 5.73 Å². The highest BCUT2D eigenvalue weighted by atomic mass is 14.7. The van der Waals surface area contributed by atoms with Crippen molar-refractivity contribution in [2.24, 2.45) is 11.1 Å². The minimum atomic E-state index is 0.230. The van der Waals surface area contributed by atoms with E-state index in [1.54, 1.807) is 0 Å². The van der Waals surface area contributed by atoms with Gasteiger partial charge in [-0.3, -0.25) is 0 Å². The number of rotatable bonds is 3. The zero-order valence-electron chi connectivity index (χ0n) is 10.9. The van der Waals surface area contributed by atoms with Crippen LogP contribution in [0.25, 0.3) is 0 Å². The smallest absolute Gasteiger partial charge is 0.0135 e. The maximum atomic E-state index is 6.05. The highest BCUT2D eigenvalue weighted by Crippen LogP contribution is 2.64. The van der Waals surface area contributed by atoms with E-state index in [0.29, 0.717) is 11.3 Å². The molecule has 16 heavy (non-hydrogen) atoms. The van der Waals surface area contributed by atoms with Gasteiger partial charge in [0.2, 0.25) is 0 Å². The van der Waals surface area contributed by atoms with Crippen LogP contribution in [0.3, 0.4) is 0 Å². The van der Waals surface area contributed by atoms with Crippen molar-refractivity contribution in [1.29, 1.82) is 0 Å². The summed E-state index contributed by atoms with van der Waals surface area (Å²) in [5.74, 6) is 0.580. The fourth-order valence-corrected chi connectivity index (χ4v) is 3.06. The monoisotopic (exact) mass is 217 g/mol. The zero-order valence-corrected chi connectivity index (χ0v) is 10.9. The van der Waals surface area contributed by atoms with E-state index in [2.05, 4.69) is 52.0 Å². The van der Waals surface area contributed by atoms with Crippen LogP contribution in [0.1, 0.15) is 51.2 Å². The highest BCUT2D eigenvalue weighted by Gasteiger charge is 2.61. The van der Waals surface area contributed by atoms with Gasteiger partial charge in [-0.05, 0) is 28.9 Å². The summed E-state index contributed by atoms with van der Waals surface area (Å²) in [6.07, 6.45) is 1.22. The number of benzene rings is 1. The summed E-state index contributed by atoms with van der Waals surface area (Å²) in [4.78, 5) is 0. The first-order chi connectivity index (χ1) is 7.44. The van der Waals surface area contributed by atoms with Crippen LogP contribution in [0, 0.1) is 5.41 Å². The summed E-state index contributed by atoms with van der Waals surface area (Å²) in [5.41, 5.74) is 9.60. The molecular formula is C15H23N. The second kappa shape index (κ2) is 3.59. The minimum Gasteiger partial charge on any atom is -0.330 e. The Kier molecular flexibility index (Phi) is 2.62. The van der Waals surface area contributed by atoms with Gasteiger partial charge in [0.25, 0.3) is 0 Å². The van der Waals surface area contributed by atoms with Crippen molar-refractivity contribution in [3.63, 3.8) is 0 Å². The molecule has 1 saturated carbocycles. The fraction of sp³-hybridized carbons (Fsp3) is 0.600. The van der Waals surface area contributed by atoms with Gasteiger partial charge in [-0.2, -0.15) is 0 Å². The van der Waals surface area contributed by atoms with Crippen LogP contribution in [0.4, 0.5) is 0 Å². The van der Waals surface area contributed by atoms with Crippen molar-refractivity contribution in [3.05, 3.63) is 35.4 Å². The van der Waals surface area contributed by atoms with Crippen molar-refractivity contribution in [2.45, 2.75) is 45.4 Å². The van der Waals surface area contributed by atoms with Crippen molar-refractivity contribution in [3.8, 4) is 0 Å². The maximum Gasteiger partial charge on any atom is 0.0135 e. The predicted octanol–water partition coefficient (Wildman–Crippen LogP) is 3.44. The fourth-order valence-electron chi connectivity index (χ4n) is 3.06. The van der Waals surface area contributed by atoms with E-state index in [1.165, 1.54) is 17.5 Å². The van der Waals surface area contributed by atoms with Gasteiger partial charge in [0.15, 0.2) is 0 Å². The lowest BCUT2D eigenvalue weighted by Crippen LogP contribution is -2.26. The Balaban J connectivity index is 2.49. The normalized spacial score (nSPS) is 27.1. The molecule has 0 heterocycles. The van der Waals surface area contributed by atoms with E-state index in [-0.39, 0.29) is 5.41 Å². The summed E-state index contributed by atoms with van der Waals surface area (Å²) in [7, 11) is 0. The van der Waals surface area contributed by atoms with E-state index < -0.39 is 0 Å². The molecule has 1 unspecified atom stereocenters. The van der Waals surface area contributed by atoms with E-state index in [0.717, 1.165) is 6.54 Å². The molecule has 2 N–H and O–H groups in total. The molecule has 1 aromatic rings. The summed E-state index contributed by atoms with van der Waals surface area (Å²) < 4.78 is 0. The Morgan fingerprint density at radius 3 is 2.25 bits per heavy atom. The number of nitrogens with two attached hydrogens (primary N) is 1. The quantitative estimate of drug-likeness (QED) is 0.824. The summed E-state index contributed by atoms with van der Waals surface area (Å²) in [6, 6.07) is 8.81. The Hall–Kier alpha value is -0.820. The lowest BCUT2D eigenvalue weighted by atomic mass is 9.82. The van der Waals surface area contributed by atoms with Crippen LogP contribution in [0.2, 0.25) is 0 Å². The minimum absolute atomic E-state index is 0.230. The zero-order chi connectivity index (χ0) is 12.0. The lowest BCUT2D eigenvalue weighted by Gasteiger charge is -2.24. The molecule has 0 radical (unpaired) electrons. The van der Waals surface area contributed by atoms with Crippen molar-refractivity contribution >= 4 is 0 Å². The lowest BCUT2D eigenvalue weighted by molar-refractivity contribution is 0.498. The highest BCUT2D eigenvalue weighted by molar-refractivity contribution is 5.44. The molecule has 0 aliphatic heterocycles.